The molecule has 1 aliphatic heterocycles. The first-order valence-electron chi connectivity index (χ1n) is 7.72. The minimum absolute atomic E-state index is 0.0213. The van der Waals surface area contributed by atoms with Gasteiger partial charge in [0.25, 0.3) is 0 Å². The largest absolute Gasteiger partial charge is 0.351 e. The van der Waals surface area contributed by atoms with Crippen molar-refractivity contribution in [3.63, 3.8) is 0 Å². The molecule has 4 nitrogen and oxygen atoms in total. The lowest BCUT2D eigenvalue weighted by Crippen LogP contribution is -2.42. The fraction of sp³-hybridized carbons (Fsp3) is 0.278. The zero-order chi connectivity index (χ0) is 16.2. The summed E-state index contributed by atoms with van der Waals surface area (Å²) >= 11 is 6.10. The van der Waals surface area contributed by atoms with Crippen LogP contribution >= 0.6 is 11.6 Å². The van der Waals surface area contributed by atoms with E-state index in [0.29, 0.717) is 11.6 Å². The maximum Gasteiger partial charge on any atom is 0.238 e. The van der Waals surface area contributed by atoms with E-state index in [0.717, 1.165) is 12.0 Å². The number of carbonyl (C=O) groups is 1. The Morgan fingerprint density at radius 1 is 1.17 bits per heavy atom. The number of aryl methyl sites for hydroxylation is 1. The van der Waals surface area contributed by atoms with Crippen molar-refractivity contribution < 1.29 is 4.79 Å². The quantitative estimate of drug-likeness (QED) is 0.808. The van der Waals surface area contributed by atoms with Crippen molar-refractivity contribution >= 4 is 17.5 Å². The molecule has 1 saturated heterocycles. The van der Waals surface area contributed by atoms with Crippen molar-refractivity contribution in [2.75, 3.05) is 0 Å². The first-order chi connectivity index (χ1) is 11.1. The highest BCUT2D eigenvalue weighted by Gasteiger charge is 2.29. The van der Waals surface area contributed by atoms with Gasteiger partial charge < -0.3 is 5.32 Å². The van der Waals surface area contributed by atoms with Gasteiger partial charge in [-0.1, -0.05) is 59.6 Å². The second-order valence-electron chi connectivity index (χ2n) is 5.85. The average molecular weight is 330 g/mol. The molecule has 2 atom stereocenters. The Bertz CT molecular complexity index is 687. The summed E-state index contributed by atoms with van der Waals surface area (Å²) in [5, 5.41) is 3.61. The van der Waals surface area contributed by atoms with Crippen molar-refractivity contribution in [1.82, 2.24) is 16.2 Å². The number of amides is 1. The van der Waals surface area contributed by atoms with Crippen LogP contribution in [0.25, 0.3) is 0 Å². The molecule has 23 heavy (non-hydrogen) atoms. The van der Waals surface area contributed by atoms with Gasteiger partial charge in [-0.3, -0.25) is 4.79 Å². The topological polar surface area (TPSA) is 53.2 Å². The molecule has 1 aliphatic rings. The summed E-state index contributed by atoms with van der Waals surface area (Å²) < 4.78 is 0. The third-order valence-corrected chi connectivity index (χ3v) is 4.48. The Balaban J connectivity index is 1.55. The predicted octanol–water partition coefficient (Wildman–Crippen LogP) is 2.87. The molecule has 1 heterocycles. The van der Waals surface area contributed by atoms with Gasteiger partial charge in [0, 0.05) is 17.6 Å². The number of benzene rings is 2. The lowest BCUT2D eigenvalue weighted by atomic mass is 10.0. The van der Waals surface area contributed by atoms with Crippen LogP contribution in [0.15, 0.2) is 48.5 Å². The number of hydrazine groups is 1. The van der Waals surface area contributed by atoms with Gasteiger partial charge in [-0.05, 0) is 30.5 Å². The van der Waals surface area contributed by atoms with Crippen LogP contribution in [0.3, 0.4) is 0 Å². The summed E-state index contributed by atoms with van der Waals surface area (Å²) in [6, 6.07) is 15.8. The summed E-state index contributed by atoms with van der Waals surface area (Å²) in [7, 11) is 0. The van der Waals surface area contributed by atoms with Crippen molar-refractivity contribution in [3.8, 4) is 0 Å². The first-order valence-corrected chi connectivity index (χ1v) is 8.10. The van der Waals surface area contributed by atoms with Crippen LogP contribution in [0.2, 0.25) is 5.02 Å². The maximum atomic E-state index is 12.3. The fourth-order valence-electron chi connectivity index (χ4n) is 2.69. The van der Waals surface area contributed by atoms with Gasteiger partial charge >= 0.3 is 0 Å². The van der Waals surface area contributed by atoms with Crippen molar-refractivity contribution in [2.24, 2.45) is 0 Å². The molecule has 5 heteroatoms. The Labute approximate surface area is 141 Å². The normalized spacial score (nSPS) is 20.4. The SMILES string of the molecule is Cc1ccc(C2CC(C(=O)NCc3ccccc3Cl)NN2)cc1. The average Bonchev–Trinajstić information content (AvgIpc) is 3.04. The number of rotatable bonds is 4. The van der Waals surface area contributed by atoms with Crippen molar-refractivity contribution in [3.05, 3.63) is 70.2 Å². The minimum Gasteiger partial charge on any atom is -0.351 e. The lowest BCUT2D eigenvalue weighted by molar-refractivity contribution is -0.123. The van der Waals surface area contributed by atoms with Crippen LogP contribution in [0.1, 0.15) is 29.2 Å². The van der Waals surface area contributed by atoms with Crippen LogP contribution in [0.4, 0.5) is 0 Å². The minimum atomic E-state index is -0.246. The smallest absolute Gasteiger partial charge is 0.238 e. The van der Waals surface area contributed by atoms with Gasteiger partial charge in [0.2, 0.25) is 5.91 Å². The van der Waals surface area contributed by atoms with E-state index in [2.05, 4.69) is 47.4 Å². The van der Waals surface area contributed by atoms with Crippen LogP contribution in [0.5, 0.6) is 0 Å². The monoisotopic (exact) mass is 329 g/mol. The molecule has 0 bridgehead atoms. The summed E-state index contributed by atoms with van der Waals surface area (Å²) in [6.45, 7) is 2.50. The molecule has 0 saturated carbocycles. The van der Waals surface area contributed by atoms with Crippen molar-refractivity contribution in [2.45, 2.75) is 32.0 Å². The Morgan fingerprint density at radius 3 is 2.65 bits per heavy atom. The van der Waals surface area contributed by atoms with Crippen LogP contribution in [-0.4, -0.2) is 11.9 Å². The van der Waals surface area contributed by atoms with Gasteiger partial charge in [-0.15, -0.1) is 0 Å². The van der Waals surface area contributed by atoms with E-state index in [9.17, 15) is 4.79 Å². The lowest BCUT2D eigenvalue weighted by Gasteiger charge is -2.11. The maximum absolute atomic E-state index is 12.3. The summed E-state index contributed by atoms with van der Waals surface area (Å²) in [6.07, 6.45) is 0.720. The van der Waals surface area contributed by atoms with Gasteiger partial charge in [0.05, 0.1) is 0 Å². The van der Waals surface area contributed by atoms with E-state index < -0.39 is 0 Å². The van der Waals surface area contributed by atoms with Crippen LogP contribution < -0.4 is 16.2 Å². The van der Waals surface area contributed by atoms with Crippen LogP contribution in [-0.2, 0) is 11.3 Å². The number of hydrogen-bond acceptors (Lipinski definition) is 3. The molecular weight excluding hydrogens is 310 g/mol. The molecule has 2 aromatic carbocycles. The van der Waals surface area contributed by atoms with E-state index in [4.69, 9.17) is 11.6 Å². The molecule has 3 rings (SSSR count). The zero-order valence-corrected chi connectivity index (χ0v) is 13.7. The molecule has 1 fully saturated rings. The molecule has 0 aromatic heterocycles. The highest BCUT2D eigenvalue weighted by Crippen LogP contribution is 2.22. The molecule has 120 valence electrons. The van der Waals surface area contributed by atoms with Gasteiger partial charge in [-0.2, -0.15) is 0 Å². The number of carbonyl (C=O) groups excluding carboxylic acids is 1. The molecule has 1 amide bonds. The van der Waals surface area contributed by atoms with Gasteiger partial charge in [0.15, 0.2) is 0 Å². The number of nitrogens with one attached hydrogen (secondary N) is 3. The van der Waals surface area contributed by atoms with E-state index >= 15 is 0 Å². The van der Waals surface area contributed by atoms with E-state index in [1.165, 1.54) is 11.1 Å². The van der Waals surface area contributed by atoms with Crippen molar-refractivity contribution in [1.29, 1.82) is 0 Å². The summed E-state index contributed by atoms with van der Waals surface area (Å²) in [5.41, 5.74) is 9.61. The Hall–Kier alpha value is -1.88. The highest BCUT2D eigenvalue weighted by molar-refractivity contribution is 6.31. The Morgan fingerprint density at radius 2 is 1.91 bits per heavy atom. The number of halogens is 1. The Kier molecular flexibility index (Phi) is 4.96. The molecular formula is C18H20ClN3O. The van der Waals surface area contributed by atoms with Crippen LogP contribution in [0, 0.1) is 6.92 Å². The summed E-state index contributed by atoms with van der Waals surface area (Å²) in [5.74, 6) is -0.0213. The summed E-state index contributed by atoms with van der Waals surface area (Å²) in [4.78, 5) is 12.3. The highest BCUT2D eigenvalue weighted by atomic mass is 35.5. The predicted molar refractivity (Wildman–Crippen MR) is 91.9 cm³/mol. The van der Waals surface area contributed by atoms with E-state index in [1.54, 1.807) is 0 Å². The molecule has 0 radical (unpaired) electrons. The first kappa shape index (κ1) is 16.0. The molecule has 3 N–H and O–H groups in total. The molecule has 0 aliphatic carbocycles. The molecule has 2 unspecified atom stereocenters. The molecule has 2 aromatic rings. The second-order valence-corrected chi connectivity index (χ2v) is 6.26. The second kappa shape index (κ2) is 7.13. The third kappa shape index (κ3) is 3.91. The zero-order valence-electron chi connectivity index (χ0n) is 13.0. The van der Waals surface area contributed by atoms with E-state index in [1.807, 2.05) is 24.3 Å². The van der Waals surface area contributed by atoms with E-state index in [-0.39, 0.29) is 18.0 Å². The molecule has 0 spiro atoms. The fourth-order valence-corrected chi connectivity index (χ4v) is 2.90. The standard InChI is InChI=1S/C18H20ClN3O/c1-12-6-8-13(9-7-12)16-10-17(22-21-16)18(23)20-11-14-4-2-3-5-15(14)19/h2-9,16-17,21-22H,10-11H2,1H3,(H,20,23). The third-order valence-electron chi connectivity index (χ3n) is 4.11. The van der Waals surface area contributed by atoms with Gasteiger partial charge in [0.1, 0.15) is 6.04 Å². The van der Waals surface area contributed by atoms with Gasteiger partial charge in [-0.25, -0.2) is 10.9 Å². The number of hydrogen-bond donors (Lipinski definition) is 3.